The van der Waals surface area contributed by atoms with Crippen LogP contribution in [0.15, 0.2) is 36.4 Å². The summed E-state index contributed by atoms with van der Waals surface area (Å²) in [7, 11) is 1.67. The molecule has 1 atom stereocenters. The van der Waals surface area contributed by atoms with Crippen molar-refractivity contribution in [2.45, 2.75) is 38.7 Å². The van der Waals surface area contributed by atoms with Crippen LogP contribution >= 0.6 is 0 Å². The molecule has 1 aromatic rings. The molecule has 1 aliphatic rings. The van der Waals surface area contributed by atoms with E-state index in [-0.39, 0.29) is 5.78 Å². The summed E-state index contributed by atoms with van der Waals surface area (Å²) >= 11 is 0. The molecule has 0 saturated heterocycles. The van der Waals surface area contributed by atoms with Crippen molar-refractivity contribution in [2.75, 3.05) is 13.7 Å². The molecule has 1 aromatic carbocycles. The highest BCUT2D eigenvalue weighted by Gasteiger charge is 2.13. The Morgan fingerprint density at radius 2 is 2.00 bits per heavy atom. The summed E-state index contributed by atoms with van der Waals surface area (Å²) in [6, 6.07) is 7.93. The van der Waals surface area contributed by atoms with Gasteiger partial charge in [0.2, 0.25) is 0 Å². The maximum absolute atomic E-state index is 11.1. The predicted molar refractivity (Wildman–Crippen MR) is 91.1 cm³/mol. The number of unbranched alkanes of at least 4 members (excludes halogenated alkanes) is 2. The zero-order valence-corrected chi connectivity index (χ0v) is 13.7. The normalized spacial score (nSPS) is 16.2. The standard InChI is InChI=1S/C20H24O3/c1-22-20-12-9-18(10-13-20)16-23-14-6-4-2-3-5-7-17-8-11-19(21)15-17/h8-13,17H,2,4,6-7,14-16H2,1H3. The van der Waals surface area contributed by atoms with Crippen LogP contribution in [0.25, 0.3) is 0 Å². The fraction of sp³-hybridized carbons (Fsp3) is 0.450. The molecule has 0 aliphatic heterocycles. The van der Waals surface area contributed by atoms with Gasteiger partial charge in [-0.25, -0.2) is 0 Å². The second-order valence-corrected chi connectivity index (χ2v) is 5.71. The maximum atomic E-state index is 11.1. The van der Waals surface area contributed by atoms with Crippen molar-refractivity contribution in [1.29, 1.82) is 0 Å². The molecule has 3 heteroatoms. The van der Waals surface area contributed by atoms with Gasteiger partial charge in [-0.1, -0.05) is 18.2 Å². The average Bonchev–Trinajstić information content (AvgIpc) is 2.99. The number of hydrogen-bond acceptors (Lipinski definition) is 3. The molecule has 0 radical (unpaired) electrons. The Morgan fingerprint density at radius 1 is 1.17 bits per heavy atom. The lowest BCUT2D eigenvalue weighted by molar-refractivity contribution is -0.114. The summed E-state index contributed by atoms with van der Waals surface area (Å²) in [4.78, 5) is 11.1. The Bertz CT molecular complexity index is 575. The summed E-state index contributed by atoms with van der Waals surface area (Å²) in [5.41, 5.74) is 1.16. The van der Waals surface area contributed by atoms with Crippen LogP contribution in [-0.2, 0) is 16.1 Å². The first-order chi connectivity index (χ1) is 11.3. The van der Waals surface area contributed by atoms with E-state index in [2.05, 4.69) is 11.8 Å². The SMILES string of the molecule is COc1ccc(COCCCCC#CCC2C=CC(=O)C2)cc1. The quantitative estimate of drug-likeness (QED) is 0.539. The van der Waals surface area contributed by atoms with Gasteiger partial charge in [0, 0.05) is 25.9 Å². The highest BCUT2D eigenvalue weighted by Crippen LogP contribution is 2.17. The lowest BCUT2D eigenvalue weighted by Crippen LogP contribution is -1.96. The van der Waals surface area contributed by atoms with Gasteiger partial charge < -0.3 is 9.47 Å². The van der Waals surface area contributed by atoms with E-state index in [0.717, 1.165) is 43.6 Å². The lowest BCUT2D eigenvalue weighted by Gasteiger charge is -2.05. The summed E-state index contributed by atoms with van der Waals surface area (Å²) in [5, 5.41) is 0. The topological polar surface area (TPSA) is 35.5 Å². The average molecular weight is 312 g/mol. The lowest BCUT2D eigenvalue weighted by atomic mass is 10.1. The molecule has 23 heavy (non-hydrogen) atoms. The summed E-state index contributed by atoms with van der Waals surface area (Å²) in [5.74, 6) is 7.78. The Hall–Kier alpha value is -2.05. The van der Waals surface area contributed by atoms with Crippen LogP contribution < -0.4 is 4.74 Å². The first-order valence-corrected chi connectivity index (χ1v) is 8.15. The number of methoxy groups -OCH3 is 1. The molecule has 0 heterocycles. The highest BCUT2D eigenvalue weighted by molar-refractivity contribution is 5.92. The fourth-order valence-corrected chi connectivity index (χ4v) is 2.40. The Morgan fingerprint density at radius 3 is 2.70 bits per heavy atom. The van der Waals surface area contributed by atoms with Crippen molar-refractivity contribution in [2.24, 2.45) is 5.92 Å². The van der Waals surface area contributed by atoms with Gasteiger partial charge in [0.15, 0.2) is 5.78 Å². The maximum Gasteiger partial charge on any atom is 0.156 e. The molecule has 2 rings (SSSR count). The fourth-order valence-electron chi connectivity index (χ4n) is 2.40. The van der Waals surface area contributed by atoms with Gasteiger partial charge in [-0.05, 0) is 42.5 Å². The Balaban J connectivity index is 1.48. The molecule has 122 valence electrons. The number of allylic oxidation sites excluding steroid dienone is 2. The summed E-state index contributed by atoms with van der Waals surface area (Å²) in [6.07, 6.45) is 8.05. The van der Waals surface area contributed by atoms with Gasteiger partial charge in [0.25, 0.3) is 0 Å². The zero-order valence-electron chi connectivity index (χ0n) is 13.7. The van der Waals surface area contributed by atoms with Crippen LogP contribution in [0.3, 0.4) is 0 Å². The molecule has 3 nitrogen and oxygen atoms in total. The molecule has 0 spiro atoms. The van der Waals surface area contributed by atoms with Gasteiger partial charge in [-0.3, -0.25) is 4.79 Å². The van der Waals surface area contributed by atoms with Crippen LogP contribution in [0.5, 0.6) is 5.75 Å². The number of hydrogen-bond donors (Lipinski definition) is 0. The van der Waals surface area contributed by atoms with Crippen molar-refractivity contribution in [3.63, 3.8) is 0 Å². The minimum atomic E-state index is 0.228. The molecule has 0 N–H and O–H groups in total. The largest absolute Gasteiger partial charge is 0.497 e. The summed E-state index contributed by atoms with van der Waals surface area (Å²) < 4.78 is 10.8. The molecule has 0 bridgehead atoms. The second-order valence-electron chi connectivity index (χ2n) is 5.71. The monoisotopic (exact) mass is 312 g/mol. The van der Waals surface area contributed by atoms with Crippen LogP contribution in [0.1, 0.15) is 37.7 Å². The molecular weight excluding hydrogens is 288 g/mol. The Kier molecular flexibility index (Phi) is 7.42. The number of benzene rings is 1. The predicted octanol–water partition coefficient (Wildman–Crippen LogP) is 3.92. The van der Waals surface area contributed by atoms with Crippen molar-refractivity contribution in [1.82, 2.24) is 0 Å². The minimum absolute atomic E-state index is 0.228. The number of carbonyl (C=O) groups excluding carboxylic acids is 1. The van der Waals surface area contributed by atoms with Crippen molar-refractivity contribution >= 4 is 5.78 Å². The van der Waals surface area contributed by atoms with Gasteiger partial charge in [0.05, 0.1) is 13.7 Å². The smallest absolute Gasteiger partial charge is 0.156 e. The molecule has 0 amide bonds. The third-order valence-corrected chi connectivity index (χ3v) is 3.78. The number of ether oxygens (including phenoxy) is 2. The van der Waals surface area contributed by atoms with Crippen molar-refractivity contribution in [3.05, 3.63) is 42.0 Å². The molecular formula is C20H24O3. The highest BCUT2D eigenvalue weighted by atomic mass is 16.5. The van der Waals surface area contributed by atoms with E-state index in [1.165, 1.54) is 0 Å². The van der Waals surface area contributed by atoms with Crippen LogP contribution in [0.4, 0.5) is 0 Å². The van der Waals surface area contributed by atoms with Crippen LogP contribution in [-0.4, -0.2) is 19.5 Å². The Labute approximate surface area is 138 Å². The molecule has 0 fully saturated rings. The third kappa shape index (κ3) is 6.71. The first-order valence-electron chi connectivity index (χ1n) is 8.15. The molecule has 1 unspecified atom stereocenters. The second kappa shape index (κ2) is 9.86. The van der Waals surface area contributed by atoms with Crippen molar-refractivity contribution < 1.29 is 14.3 Å². The van der Waals surface area contributed by atoms with E-state index >= 15 is 0 Å². The van der Waals surface area contributed by atoms with Gasteiger partial charge in [-0.15, -0.1) is 11.8 Å². The first kappa shape index (κ1) is 17.3. The van der Waals surface area contributed by atoms with E-state index in [1.807, 2.05) is 30.3 Å². The summed E-state index contributed by atoms with van der Waals surface area (Å²) in [6.45, 7) is 1.39. The van der Waals surface area contributed by atoms with Gasteiger partial charge in [0.1, 0.15) is 5.75 Å². The van der Waals surface area contributed by atoms with Gasteiger partial charge >= 0.3 is 0 Å². The molecule has 0 aromatic heterocycles. The molecule has 1 aliphatic carbocycles. The van der Waals surface area contributed by atoms with E-state index in [4.69, 9.17) is 9.47 Å². The van der Waals surface area contributed by atoms with E-state index in [0.29, 0.717) is 18.9 Å². The van der Waals surface area contributed by atoms with Crippen LogP contribution in [0, 0.1) is 17.8 Å². The van der Waals surface area contributed by atoms with E-state index < -0.39 is 0 Å². The third-order valence-electron chi connectivity index (χ3n) is 3.78. The zero-order chi connectivity index (χ0) is 16.3. The number of carbonyl (C=O) groups is 1. The van der Waals surface area contributed by atoms with E-state index in [1.54, 1.807) is 13.2 Å². The van der Waals surface area contributed by atoms with Gasteiger partial charge in [-0.2, -0.15) is 0 Å². The minimum Gasteiger partial charge on any atom is -0.497 e. The molecule has 0 saturated carbocycles. The number of rotatable bonds is 8. The van der Waals surface area contributed by atoms with E-state index in [9.17, 15) is 4.79 Å². The number of ketones is 1. The van der Waals surface area contributed by atoms with Crippen molar-refractivity contribution in [3.8, 4) is 17.6 Å². The van der Waals surface area contributed by atoms with Crippen LogP contribution in [0.2, 0.25) is 0 Å².